The van der Waals surface area contributed by atoms with Crippen molar-refractivity contribution in [2.24, 2.45) is 4.99 Å². The Labute approximate surface area is 189 Å². The van der Waals surface area contributed by atoms with E-state index in [1.807, 2.05) is 43.4 Å². The predicted molar refractivity (Wildman–Crippen MR) is 126 cm³/mol. The van der Waals surface area contributed by atoms with Gasteiger partial charge in [-0.15, -0.1) is 4.99 Å². The molecule has 1 saturated carbocycles. The molecule has 0 radical (unpaired) electrons. The molecule has 7 heteroatoms. The molecule has 0 aliphatic heterocycles. The van der Waals surface area contributed by atoms with Crippen LogP contribution >= 0.6 is 0 Å². The fourth-order valence-corrected chi connectivity index (χ4v) is 4.52. The number of nitrogens with one attached hydrogen (secondary N) is 3. The van der Waals surface area contributed by atoms with Crippen molar-refractivity contribution in [3.8, 4) is 11.9 Å². The van der Waals surface area contributed by atoms with Crippen molar-refractivity contribution in [1.82, 2.24) is 16.0 Å². The SMILES string of the molecule is CN/C(=N\C#N)NC1CCC(CNC(=O)c2cccc(C)c2OC)(c2ccccc2)CC1. The molecule has 32 heavy (non-hydrogen) atoms. The number of nitriles is 1. The predicted octanol–water partition coefficient (Wildman–Crippen LogP) is 3.26. The van der Waals surface area contributed by atoms with E-state index in [1.165, 1.54) is 5.56 Å². The lowest BCUT2D eigenvalue weighted by atomic mass is 9.68. The van der Waals surface area contributed by atoms with E-state index < -0.39 is 0 Å². The highest BCUT2D eigenvalue weighted by molar-refractivity contribution is 5.97. The van der Waals surface area contributed by atoms with Crippen LogP contribution in [0.5, 0.6) is 5.75 Å². The normalized spacial score (nSPS) is 20.7. The van der Waals surface area contributed by atoms with Crippen molar-refractivity contribution in [2.75, 3.05) is 20.7 Å². The van der Waals surface area contributed by atoms with Crippen molar-refractivity contribution in [3.05, 3.63) is 65.2 Å². The summed E-state index contributed by atoms with van der Waals surface area (Å²) >= 11 is 0. The van der Waals surface area contributed by atoms with Gasteiger partial charge in [0, 0.05) is 25.0 Å². The minimum atomic E-state index is -0.154. The molecule has 2 aromatic rings. The highest BCUT2D eigenvalue weighted by atomic mass is 16.5. The smallest absolute Gasteiger partial charge is 0.255 e. The standard InChI is InChI=1S/C25H31N5O2/c1-18-8-7-11-21(22(18)32-3)23(31)28-16-25(19-9-5-4-6-10-19)14-12-20(13-15-25)30-24(27-2)29-17-26/h4-11,20H,12-16H2,1-3H3,(H,28,31)(H2,27,29,30). The Morgan fingerprint density at radius 1 is 1.19 bits per heavy atom. The van der Waals surface area contributed by atoms with Crippen LogP contribution in [0.3, 0.4) is 0 Å². The van der Waals surface area contributed by atoms with E-state index in [-0.39, 0.29) is 17.4 Å². The third-order valence-corrected chi connectivity index (χ3v) is 6.32. The average molecular weight is 434 g/mol. The highest BCUT2D eigenvalue weighted by Crippen LogP contribution is 2.39. The van der Waals surface area contributed by atoms with Gasteiger partial charge < -0.3 is 20.7 Å². The van der Waals surface area contributed by atoms with E-state index >= 15 is 0 Å². The lowest BCUT2D eigenvalue weighted by Crippen LogP contribution is -2.49. The summed E-state index contributed by atoms with van der Waals surface area (Å²) in [5, 5.41) is 18.3. The van der Waals surface area contributed by atoms with E-state index in [2.05, 4.69) is 33.1 Å². The first-order chi connectivity index (χ1) is 15.5. The number of carbonyl (C=O) groups is 1. The number of aliphatic imine (C=N–C) groups is 1. The largest absolute Gasteiger partial charge is 0.496 e. The van der Waals surface area contributed by atoms with Gasteiger partial charge >= 0.3 is 0 Å². The summed E-state index contributed by atoms with van der Waals surface area (Å²) in [5.74, 6) is 0.979. The molecule has 0 heterocycles. The maximum Gasteiger partial charge on any atom is 0.255 e. The molecule has 168 valence electrons. The van der Waals surface area contributed by atoms with E-state index in [0.29, 0.717) is 23.8 Å². The Bertz CT molecular complexity index is 989. The molecule has 3 rings (SSSR count). The van der Waals surface area contributed by atoms with Crippen LogP contribution in [0.25, 0.3) is 0 Å². The van der Waals surface area contributed by atoms with Crippen molar-refractivity contribution >= 4 is 11.9 Å². The molecule has 1 amide bonds. The van der Waals surface area contributed by atoms with Gasteiger partial charge in [-0.1, -0.05) is 42.5 Å². The quantitative estimate of drug-likeness (QED) is 0.369. The molecule has 1 fully saturated rings. The second-order valence-corrected chi connectivity index (χ2v) is 8.21. The Balaban J connectivity index is 1.76. The average Bonchev–Trinajstić information content (AvgIpc) is 2.83. The van der Waals surface area contributed by atoms with Gasteiger partial charge in [0.15, 0.2) is 0 Å². The van der Waals surface area contributed by atoms with E-state index in [0.717, 1.165) is 31.2 Å². The number of hydrogen-bond donors (Lipinski definition) is 3. The number of amides is 1. The van der Waals surface area contributed by atoms with Crippen molar-refractivity contribution < 1.29 is 9.53 Å². The number of methoxy groups -OCH3 is 1. The Morgan fingerprint density at radius 2 is 1.91 bits per heavy atom. The maximum atomic E-state index is 13.1. The van der Waals surface area contributed by atoms with E-state index in [1.54, 1.807) is 20.2 Å². The third kappa shape index (κ3) is 5.20. The Hall–Kier alpha value is -3.53. The number of ether oxygens (including phenoxy) is 1. The summed E-state index contributed by atoms with van der Waals surface area (Å²) in [6.45, 7) is 2.48. The first-order valence-electron chi connectivity index (χ1n) is 10.9. The van der Waals surface area contributed by atoms with Crippen LogP contribution in [-0.2, 0) is 5.41 Å². The highest BCUT2D eigenvalue weighted by Gasteiger charge is 2.37. The molecule has 0 bridgehead atoms. The zero-order valence-electron chi connectivity index (χ0n) is 18.9. The van der Waals surface area contributed by atoms with E-state index in [9.17, 15) is 4.79 Å². The molecule has 3 N–H and O–H groups in total. The Kier molecular flexibility index (Phi) is 7.72. The molecule has 0 atom stereocenters. The van der Waals surface area contributed by atoms with Crippen LogP contribution in [0.2, 0.25) is 0 Å². The van der Waals surface area contributed by atoms with Crippen LogP contribution < -0.4 is 20.7 Å². The van der Waals surface area contributed by atoms with Crippen LogP contribution in [-0.4, -0.2) is 38.6 Å². The van der Waals surface area contributed by atoms with Gasteiger partial charge in [-0.25, -0.2) is 0 Å². The molecule has 1 aliphatic rings. The summed E-state index contributed by atoms with van der Waals surface area (Å²) in [5.41, 5.74) is 2.56. The van der Waals surface area contributed by atoms with Crippen LogP contribution in [0.1, 0.15) is 47.2 Å². The second kappa shape index (κ2) is 10.7. The molecule has 0 saturated heterocycles. The summed E-state index contributed by atoms with van der Waals surface area (Å²) in [4.78, 5) is 16.8. The summed E-state index contributed by atoms with van der Waals surface area (Å²) < 4.78 is 5.47. The number of rotatable bonds is 6. The molecule has 1 aliphatic carbocycles. The van der Waals surface area contributed by atoms with Crippen molar-refractivity contribution in [1.29, 1.82) is 5.26 Å². The number of nitrogens with zero attached hydrogens (tertiary/aromatic N) is 2. The van der Waals surface area contributed by atoms with Gasteiger partial charge in [-0.3, -0.25) is 4.79 Å². The fourth-order valence-electron chi connectivity index (χ4n) is 4.52. The molecule has 0 aromatic heterocycles. The number of guanidine groups is 1. The van der Waals surface area contributed by atoms with Gasteiger partial charge in [0.2, 0.25) is 12.2 Å². The van der Waals surface area contributed by atoms with Crippen LogP contribution in [0.15, 0.2) is 53.5 Å². The molecular formula is C25H31N5O2. The van der Waals surface area contributed by atoms with Crippen molar-refractivity contribution in [2.45, 2.75) is 44.1 Å². The van der Waals surface area contributed by atoms with Crippen LogP contribution in [0, 0.1) is 18.4 Å². The summed E-state index contributed by atoms with van der Waals surface area (Å²) in [6.07, 6.45) is 5.44. The fraction of sp³-hybridized carbons (Fsp3) is 0.400. The zero-order chi connectivity index (χ0) is 23.0. The number of benzene rings is 2. The lowest BCUT2D eigenvalue weighted by Gasteiger charge is -2.41. The Morgan fingerprint density at radius 3 is 2.53 bits per heavy atom. The van der Waals surface area contributed by atoms with Crippen molar-refractivity contribution in [3.63, 3.8) is 0 Å². The lowest BCUT2D eigenvalue weighted by molar-refractivity contribution is 0.0932. The van der Waals surface area contributed by atoms with Gasteiger partial charge in [0.05, 0.1) is 12.7 Å². The molecule has 0 unspecified atom stereocenters. The maximum absolute atomic E-state index is 13.1. The van der Waals surface area contributed by atoms with Gasteiger partial charge in [-0.05, 0) is 49.8 Å². The molecule has 7 nitrogen and oxygen atoms in total. The summed E-state index contributed by atoms with van der Waals surface area (Å²) in [7, 11) is 3.34. The number of para-hydroxylation sites is 1. The van der Waals surface area contributed by atoms with Gasteiger partial charge in [-0.2, -0.15) is 5.26 Å². The minimum absolute atomic E-state index is 0.125. The molecular weight excluding hydrogens is 402 g/mol. The molecule has 2 aromatic carbocycles. The zero-order valence-corrected chi connectivity index (χ0v) is 18.9. The second-order valence-electron chi connectivity index (χ2n) is 8.21. The first-order valence-corrected chi connectivity index (χ1v) is 10.9. The van der Waals surface area contributed by atoms with Gasteiger partial charge in [0.1, 0.15) is 5.75 Å². The van der Waals surface area contributed by atoms with E-state index in [4.69, 9.17) is 10.00 Å². The minimum Gasteiger partial charge on any atom is -0.496 e. The summed E-state index contributed by atoms with van der Waals surface area (Å²) in [6, 6.07) is 16.2. The number of hydrogen-bond acceptors (Lipinski definition) is 4. The number of aryl methyl sites for hydroxylation is 1. The first kappa shape index (κ1) is 23.1. The number of carbonyl (C=O) groups excluding carboxylic acids is 1. The van der Waals surface area contributed by atoms with Crippen LogP contribution in [0.4, 0.5) is 0 Å². The molecule has 0 spiro atoms. The van der Waals surface area contributed by atoms with Gasteiger partial charge in [0.25, 0.3) is 5.91 Å². The third-order valence-electron chi connectivity index (χ3n) is 6.32. The monoisotopic (exact) mass is 433 g/mol. The topological polar surface area (TPSA) is 98.5 Å².